The lowest BCUT2D eigenvalue weighted by Gasteiger charge is -2.09. The molecule has 0 aliphatic carbocycles. The maximum absolute atomic E-state index is 4.19. The molecule has 0 unspecified atom stereocenters. The van der Waals surface area contributed by atoms with Crippen molar-refractivity contribution >= 4 is 21.6 Å². The second-order valence-corrected chi connectivity index (χ2v) is 5.10. The van der Waals surface area contributed by atoms with E-state index in [9.17, 15) is 0 Å². The molecule has 0 fully saturated rings. The molecule has 0 atom stereocenters. The maximum Gasteiger partial charge on any atom is 0.0643 e. The number of aryl methyl sites for hydroxylation is 3. The Morgan fingerprint density at radius 3 is 2.71 bits per heavy atom. The minimum absolute atomic E-state index is 0.788. The fraction of sp³-hybridized carbons (Fsp3) is 0.308. The molecule has 1 heterocycles. The van der Waals surface area contributed by atoms with Crippen molar-refractivity contribution in [1.82, 2.24) is 10.2 Å². The number of halogens is 1. The van der Waals surface area contributed by atoms with Crippen LogP contribution in [0.5, 0.6) is 0 Å². The minimum Gasteiger partial charge on any atom is -0.380 e. The standard InChI is InChI=1S/C13H16BrN3/c1-8-4-5-12(14)13(6-8)15-7-11-9(2)16-17-10(11)3/h4-6,15H,7H2,1-3H3,(H,16,17). The van der Waals surface area contributed by atoms with Gasteiger partial charge in [0.1, 0.15) is 0 Å². The summed E-state index contributed by atoms with van der Waals surface area (Å²) >= 11 is 3.55. The fourth-order valence-corrected chi connectivity index (χ4v) is 2.18. The number of hydrogen-bond donors (Lipinski definition) is 2. The number of benzene rings is 1. The van der Waals surface area contributed by atoms with Crippen molar-refractivity contribution in [3.05, 3.63) is 45.2 Å². The summed E-state index contributed by atoms with van der Waals surface area (Å²) in [6, 6.07) is 6.28. The van der Waals surface area contributed by atoms with E-state index in [1.165, 1.54) is 11.1 Å². The van der Waals surface area contributed by atoms with Gasteiger partial charge in [0, 0.05) is 28.0 Å². The molecule has 4 heteroatoms. The van der Waals surface area contributed by atoms with E-state index in [1.807, 2.05) is 13.8 Å². The van der Waals surface area contributed by atoms with Crippen molar-refractivity contribution < 1.29 is 0 Å². The number of aromatic amines is 1. The summed E-state index contributed by atoms with van der Waals surface area (Å²) in [5.74, 6) is 0. The predicted molar refractivity (Wildman–Crippen MR) is 74.3 cm³/mol. The smallest absolute Gasteiger partial charge is 0.0643 e. The summed E-state index contributed by atoms with van der Waals surface area (Å²) in [4.78, 5) is 0. The zero-order valence-electron chi connectivity index (χ0n) is 10.3. The van der Waals surface area contributed by atoms with E-state index in [-0.39, 0.29) is 0 Å². The molecular weight excluding hydrogens is 278 g/mol. The number of anilines is 1. The topological polar surface area (TPSA) is 40.7 Å². The first kappa shape index (κ1) is 12.2. The zero-order chi connectivity index (χ0) is 12.4. The lowest BCUT2D eigenvalue weighted by atomic mass is 10.2. The number of hydrogen-bond acceptors (Lipinski definition) is 2. The van der Waals surface area contributed by atoms with Crippen molar-refractivity contribution in [3.8, 4) is 0 Å². The highest BCUT2D eigenvalue weighted by atomic mass is 79.9. The Morgan fingerprint density at radius 1 is 1.29 bits per heavy atom. The number of nitrogens with one attached hydrogen (secondary N) is 2. The van der Waals surface area contributed by atoms with Crippen molar-refractivity contribution in [1.29, 1.82) is 0 Å². The summed E-state index contributed by atoms with van der Waals surface area (Å²) in [5.41, 5.74) is 5.78. The van der Waals surface area contributed by atoms with Gasteiger partial charge >= 0.3 is 0 Å². The maximum atomic E-state index is 4.19. The summed E-state index contributed by atoms with van der Waals surface area (Å²) in [6.07, 6.45) is 0. The Kier molecular flexibility index (Phi) is 3.52. The highest BCUT2D eigenvalue weighted by Gasteiger charge is 2.06. The number of H-pyrrole nitrogens is 1. The van der Waals surface area contributed by atoms with E-state index in [1.54, 1.807) is 0 Å². The SMILES string of the molecule is Cc1ccc(Br)c(NCc2c(C)n[nH]c2C)c1. The first-order chi connectivity index (χ1) is 8.08. The Hall–Kier alpha value is -1.29. The minimum atomic E-state index is 0.788. The van der Waals surface area contributed by atoms with Crippen LogP contribution >= 0.6 is 15.9 Å². The normalized spacial score (nSPS) is 10.6. The van der Waals surface area contributed by atoms with Crippen molar-refractivity contribution in [2.24, 2.45) is 0 Å². The summed E-state index contributed by atoms with van der Waals surface area (Å²) in [7, 11) is 0. The second-order valence-electron chi connectivity index (χ2n) is 4.25. The predicted octanol–water partition coefficient (Wildman–Crippen LogP) is 3.71. The first-order valence-electron chi connectivity index (χ1n) is 5.58. The Morgan fingerprint density at radius 2 is 2.06 bits per heavy atom. The third-order valence-electron chi connectivity index (χ3n) is 2.86. The van der Waals surface area contributed by atoms with Gasteiger partial charge in [0.15, 0.2) is 0 Å². The fourth-order valence-electron chi connectivity index (χ4n) is 1.79. The molecule has 17 heavy (non-hydrogen) atoms. The van der Waals surface area contributed by atoms with Crippen LogP contribution in [0.2, 0.25) is 0 Å². The molecule has 0 spiro atoms. The zero-order valence-corrected chi connectivity index (χ0v) is 11.9. The van der Waals surface area contributed by atoms with E-state index in [4.69, 9.17) is 0 Å². The van der Waals surface area contributed by atoms with E-state index >= 15 is 0 Å². The van der Waals surface area contributed by atoms with E-state index in [2.05, 4.69) is 56.6 Å². The third-order valence-corrected chi connectivity index (χ3v) is 3.55. The van der Waals surface area contributed by atoms with Gasteiger partial charge < -0.3 is 5.32 Å². The van der Waals surface area contributed by atoms with Gasteiger partial charge in [0.05, 0.1) is 5.69 Å². The number of nitrogens with zero attached hydrogens (tertiary/aromatic N) is 1. The summed E-state index contributed by atoms with van der Waals surface area (Å²) < 4.78 is 1.09. The molecule has 1 aromatic carbocycles. The van der Waals surface area contributed by atoms with Crippen LogP contribution < -0.4 is 5.32 Å². The molecule has 3 nitrogen and oxygen atoms in total. The Balaban J connectivity index is 2.15. The molecule has 90 valence electrons. The average Bonchev–Trinajstić information content (AvgIpc) is 2.61. The van der Waals surface area contributed by atoms with Gasteiger partial charge in [0.25, 0.3) is 0 Å². The molecule has 2 N–H and O–H groups in total. The average molecular weight is 294 g/mol. The van der Waals surface area contributed by atoms with Gasteiger partial charge in [-0.05, 0) is 54.4 Å². The summed E-state index contributed by atoms with van der Waals surface area (Å²) in [6.45, 7) is 6.94. The molecule has 2 aromatic rings. The van der Waals surface area contributed by atoms with Crippen molar-refractivity contribution in [2.75, 3.05) is 5.32 Å². The van der Waals surface area contributed by atoms with Crippen LogP contribution in [0.15, 0.2) is 22.7 Å². The molecular formula is C13H16BrN3. The van der Waals surface area contributed by atoms with E-state index in [0.717, 1.165) is 28.1 Å². The highest BCUT2D eigenvalue weighted by Crippen LogP contribution is 2.24. The van der Waals surface area contributed by atoms with Gasteiger partial charge in [-0.15, -0.1) is 0 Å². The number of rotatable bonds is 3. The van der Waals surface area contributed by atoms with Crippen molar-refractivity contribution in [2.45, 2.75) is 27.3 Å². The largest absolute Gasteiger partial charge is 0.380 e. The van der Waals surface area contributed by atoms with Crippen LogP contribution in [0.3, 0.4) is 0 Å². The number of aromatic nitrogens is 2. The van der Waals surface area contributed by atoms with Crippen LogP contribution in [0.25, 0.3) is 0 Å². The molecule has 0 bridgehead atoms. The third kappa shape index (κ3) is 2.69. The lowest BCUT2D eigenvalue weighted by molar-refractivity contribution is 1.02. The molecule has 0 radical (unpaired) electrons. The van der Waals surface area contributed by atoms with E-state index in [0.29, 0.717) is 0 Å². The van der Waals surface area contributed by atoms with Crippen LogP contribution in [0.4, 0.5) is 5.69 Å². The molecule has 1 aromatic heterocycles. The van der Waals surface area contributed by atoms with Crippen LogP contribution in [0.1, 0.15) is 22.5 Å². The molecule has 2 rings (SSSR count). The molecule has 0 saturated heterocycles. The van der Waals surface area contributed by atoms with Crippen LogP contribution in [-0.4, -0.2) is 10.2 Å². The molecule has 0 saturated carbocycles. The Bertz CT molecular complexity index is 512. The molecule has 0 aliphatic rings. The molecule has 0 amide bonds. The second kappa shape index (κ2) is 4.92. The van der Waals surface area contributed by atoms with E-state index < -0.39 is 0 Å². The summed E-state index contributed by atoms with van der Waals surface area (Å²) in [5, 5.41) is 10.6. The van der Waals surface area contributed by atoms with Gasteiger partial charge in [-0.2, -0.15) is 5.10 Å². The highest BCUT2D eigenvalue weighted by molar-refractivity contribution is 9.10. The van der Waals surface area contributed by atoms with Crippen LogP contribution in [0, 0.1) is 20.8 Å². The first-order valence-corrected chi connectivity index (χ1v) is 6.37. The monoisotopic (exact) mass is 293 g/mol. The quantitative estimate of drug-likeness (QED) is 0.906. The molecule has 0 aliphatic heterocycles. The van der Waals surface area contributed by atoms with Crippen LogP contribution in [-0.2, 0) is 6.54 Å². The van der Waals surface area contributed by atoms with Gasteiger partial charge in [-0.1, -0.05) is 6.07 Å². The lowest BCUT2D eigenvalue weighted by Crippen LogP contribution is -2.02. The van der Waals surface area contributed by atoms with Gasteiger partial charge in [-0.25, -0.2) is 0 Å². The van der Waals surface area contributed by atoms with Crippen molar-refractivity contribution in [3.63, 3.8) is 0 Å². The van der Waals surface area contributed by atoms with Gasteiger partial charge in [0.2, 0.25) is 0 Å². The Labute approximate surface area is 110 Å². The van der Waals surface area contributed by atoms with Gasteiger partial charge in [-0.3, -0.25) is 5.10 Å².